The number of hydrogen-bond donors (Lipinski definition) is 0. The monoisotopic (exact) mass is 402 g/mol. The van der Waals surface area contributed by atoms with Gasteiger partial charge in [0.25, 0.3) is 0 Å². The molecular formula is C15H13BrF2N2O2S. The first-order chi connectivity index (χ1) is 10.9. The maximum absolute atomic E-state index is 13.5. The topological polar surface area (TPSA) is 40.6 Å². The highest BCUT2D eigenvalue weighted by atomic mass is 79.9. The molecule has 122 valence electrons. The van der Waals surface area contributed by atoms with Crippen LogP contribution in [0.25, 0.3) is 0 Å². The largest absolute Gasteiger partial charge is 0.330 e. The van der Waals surface area contributed by atoms with Gasteiger partial charge in [-0.05, 0) is 30.7 Å². The number of anilines is 3. The van der Waals surface area contributed by atoms with E-state index in [1.165, 1.54) is 4.31 Å². The summed E-state index contributed by atoms with van der Waals surface area (Å²) in [5.74, 6) is -1.65. The molecule has 8 heteroatoms. The van der Waals surface area contributed by atoms with Crippen LogP contribution in [-0.2, 0) is 10.2 Å². The summed E-state index contributed by atoms with van der Waals surface area (Å²) in [6.07, 6.45) is 0.610. The second-order valence-corrected chi connectivity index (χ2v) is 7.50. The molecule has 4 nitrogen and oxygen atoms in total. The molecular weight excluding hydrogens is 390 g/mol. The van der Waals surface area contributed by atoms with Gasteiger partial charge >= 0.3 is 10.2 Å². The minimum absolute atomic E-state index is 0.0590. The Balaban J connectivity index is 2.17. The maximum atomic E-state index is 13.5. The lowest BCUT2D eigenvalue weighted by molar-refractivity contribution is 0.582. The second-order valence-electron chi connectivity index (χ2n) is 5.00. The van der Waals surface area contributed by atoms with E-state index in [4.69, 9.17) is 0 Å². The molecule has 23 heavy (non-hydrogen) atoms. The van der Waals surface area contributed by atoms with Gasteiger partial charge in [-0.3, -0.25) is 4.31 Å². The number of benzene rings is 2. The molecule has 0 radical (unpaired) electrons. The normalized spacial score (nSPS) is 15.8. The molecule has 0 aliphatic carbocycles. The van der Waals surface area contributed by atoms with Gasteiger partial charge in [0.1, 0.15) is 11.6 Å². The summed E-state index contributed by atoms with van der Waals surface area (Å²) in [7, 11) is -3.93. The number of alkyl halides is 1. The first kappa shape index (κ1) is 16.2. The fourth-order valence-electron chi connectivity index (χ4n) is 2.56. The molecule has 0 N–H and O–H groups in total. The Morgan fingerprint density at radius 3 is 2.22 bits per heavy atom. The summed E-state index contributed by atoms with van der Waals surface area (Å²) < 4.78 is 55.0. The van der Waals surface area contributed by atoms with E-state index in [9.17, 15) is 17.2 Å². The SMILES string of the molecule is O=S1(=O)N(CCCBr)c2ccccc2N1c1cc(F)cc(F)c1. The molecule has 0 bridgehead atoms. The van der Waals surface area contributed by atoms with Gasteiger partial charge in [-0.15, -0.1) is 0 Å². The van der Waals surface area contributed by atoms with Crippen LogP contribution in [0, 0.1) is 11.6 Å². The van der Waals surface area contributed by atoms with Gasteiger partial charge in [0.05, 0.1) is 17.1 Å². The Kier molecular flexibility index (Phi) is 4.29. The van der Waals surface area contributed by atoms with E-state index in [0.29, 0.717) is 29.2 Å². The molecule has 1 heterocycles. The van der Waals surface area contributed by atoms with Crippen molar-refractivity contribution in [3.05, 3.63) is 54.1 Å². The van der Waals surface area contributed by atoms with E-state index in [0.717, 1.165) is 16.4 Å². The van der Waals surface area contributed by atoms with Gasteiger partial charge in [-0.25, -0.2) is 13.1 Å². The van der Waals surface area contributed by atoms with Crippen molar-refractivity contribution >= 4 is 43.2 Å². The van der Waals surface area contributed by atoms with Crippen LogP contribution in [0.1, 0.15) is 6.42 Å². The van der Waals surface area contributed by atoms with E-state index in [-0.39, 0.29) is 12.2 Å². The molecule has 2 aromatic carbocycles. The summed E-state index contributed by atoms with van der Waals surface area (Å²) in [6.45, 7) is 0.277. The average molecular weight is 403 g/mol. The standard InChI is InChI=1S/C15H13BrF2N2O2S/c16-6-3-7-19-14-4-1-2-5-15(14)20(23(19,21)22)13-9-11(17)8-12(18)10-13/h1-2,4-5,8-10H,3,6-7H2. The van der Waals surface area contributed by atoms with Crippen molar-refractivity contribution in [2.24, 2.45) is 0 Å². The van der Waals surface area contributed by atoms with E-state index < -0.39 is 21.8 Å². The quantitative estimate of drug-likeness (QED) is 0.726. The first-order valence-corrected chi connectivity index (χ1v) is 9.41. The molecule has 0 fully saturated rings. The molecule has 1 aliphatic rings. The van der Waals surface area contributed by atoms with Crippen molar-refractivity contribution in [1.82, 2.24) is 0 Å². The van der Waals surface area contributed by atoms with Gasteiger partial charge in [-0.1, -0.05) is 28.1 Å². The van der Waals surface area contributed by atoms with Crippen molar-refractivity contribution in [2.75, 3.05) is 20.5 Å². The Labute approximate surface area is 141 Å². The van der Waals surface area contributed by atoms with E-state index in [1.54, 1.807) is 24.3 Å². The van der Waals surface area contributed by atoms with Crippen LogP contribution in [0.15, 0.2) is 42.5 Å². The zero-order chi connectivity index (χ0) is 16.6. The van der Waals surface area contributed by atoms with Gasteiger partial charge in [0.2, 0.25) is 0 Å². The molecule has 0 atom stereocenters. The number of nitrogens with zero attached hydrogens (tertiary/aromatic N) is 2. The predicted octanol–water partition coefficient (Wildman–Crippen LogP) is 3.95. The van der Waals surface area contributed by atoms with Crippen LogP contribution in [0.3, 0.4) is 0 Å². The number of rotatable bonds is 4. The van der Waals surface area contributed by atoms with Crippen molar-refractivity contribution in [1.29, 1.82) is 0 Å². The first-order valence-electron chi connectivity index (χ1n) is 6.89. The highest BCUT2D eigenvalue weighted by molar-refractivity contribution is 9.09. The van der Waals surface area contributed by atoms with Gasteiger partial charge in [-0.2, -0.15) is 8.42 Å². The lowest BCUT2D eigenvalue weighted by Crippen LogP contribution is -2.36. The van der Waals surface area contributed by atoms with Crippen molar-refractivity contribution in [3.8, 4) is 0 Å². The lowest BCUT2D eigenvalue weighted by Gasteiger charge is -2.21. The molecule has 1 aliphatic heterocycles. The minimum Gasteiger partial charge on any atom is -0.251 e. The summed E-state index contributed by atoms with van der Waals surface area (Å²) in [6, 6.07) is 9.42. The number of para-hydroxylation sites is 2. The minimum atomic E-state index is -3.93. The molecule has 0 amide bonds. The zero-order valence-corrected chi connectivity index (χ0v) is 14.3. The van der Waals surface area contributed by atoms with Crippen molar-refractivity contribution < 1.29 is 17.2 Å². The van der Waals surface area contributed by atoms with E-state index in [1.807, 2.05) is 0 Å². The smallest absolute Gasteiger partial charge is 0.251 e. The zero-order valence-electron chi connectivity index (χ0n) is 11.9. The third kappa shape index (κ3) is 2.81. The van der Waals surface area contributed by atoms with Crippen LogP contribution in [0.2, 0.25) is 0 Å². The average Bonchev–Trinajstić information content (AvgIpc) is 2.70. The molecule has 0 saturated heterocycles. The summed E-state index contributed by atoms with van der Waals surface area (Å²) in [5.41, 5.74) is 0.821. The second kappa shape index (κ2) is 6.09. The third-order valence-corrected chi connectivity index (χ3v) is 5.82. The van der Waals surface area contributed by atoms with Gasteiger partial charge < -0.3 is 0 Å². The molecule has 2 aromatic rings. The van der Waals surface area contributed by atoms with Crippen LogP contribution in [0.5, 0.6) is 0 Å². The van der Waals surface area contributed by atoms with E-state index in [2.05, 4.69) is 15.9 Å². The molecule has 0 aromatic heterocycles. The van der Waals surface area contributed by atoms with E-state index >= 15 is 0 Å². The highest BCUT2D eigenvalue weighted by Crippen LogP contribution is 2.45. The number of hydrogen-bond acceptors (Lipinski definition) is 2. The number of halogens is 3. The van der Waals surface area contributed by atoms with Gasteiger partial charge in [0.15, 0.2) is 0 Å². The fourth-order valence-corrected chi connectivity index (χ4v) is 4.55. The molecule has 0 spiro atoms. The predicted molar refractivity (Wildman–Crippen MR) is 89.6 cm³/mol. The molecule has 0 saturated carbocycles. The van der Waals surface area contributed by atoms with Crippen LogP contribution < -0.4 is 8.61 Å². The molecule has 0 unspecified atom stereocenters. The van der Waals surface area contributed by atoms with Crippen molar-refractivity contribution in [3.63, 3.8) is 0 Å². The third-order valence-electron chi connectivity index (χ3n) is 3.46. The highest BCUT2D eigenvalue weighted by Gasteiger charge is 2.41. The summed E-state index contributed by atoms with van der Waals surface area (Å²) in [4.78, 5) is 0. The Morgan fingerprint density at radius 2 is 1.61 bits per heavy atom. The lowest BCUT2D eigenvalue weighted by atomic mass is 10.2. The van der Waals surface area contributed by atoms with Crippen LogP contribution >= 0.6 is 15.9 Å². The fraction of sp³-hybridized carbons (Fsp3) is 0.200. The Morgan fingerprint density at radius 1 is 1.00 bits per heavy atom. The Hall–Kier alpha value is -1.67. The van der Waals surface area contributed by atoms with Crippen LogP contribution in [-0.4, -0.2) is 20.3 Å². The van der Waals surface area contributed by atoms with Gasteiger partial charge in [0, 0.05) is 17.9 Å². The summed E-state index contributed by atoms with van der Waals surface area (Å²) >= 11 is 3.28. The van der Waals surface area contributed by atoms with Crippen LogP contribution in [0.4, 0.5) is 25.8 Å². The number of fused-ring (bicyclic) bond motifs is 1. The maximum Gasteiger partial charge on any atom is 0.330 e. The Bertz CT molecular complexity index is 825. The van der Waals surface area contributed by atoms with Crippen molar-refractivity contribution in [2.45, 2.75) is 6.42 Å². The summed E-state index contributed by atoms with van der Waals surface area (Å²) in [5, 5.41) is 0.649. The molecule has 3 rings (SSSR count).